The van der Waals surface area contributed by atoms with E-state index in [1.54, 1.807) is 44.3 Å². The molecule has 15 N–H and O–H groups in total. The summed E-state index contributed by atoms with van der Waals surface area (Å²) in [4.78, 5) is 115. The van der Waals surface area contributed by atoms with Crippen molar-refractivity contribution in [2.75, 3.05) is 12.3 Å². The molecule has 23 heteroatoms. The Morgan fingerprint density at radius 3 is 1.92 bits per heavy atom. The molecule has 62 heavy (non-hydrogen) atoms. The first-order valence-corrected chi connectivity index (χ1v) is 20.5. The topological polar surface area (TPSA) is 366 Å². The minimum absolute atomic E-state index is 0.0325. The number of hydrogen-bond acceptors (Lipinski definition) is 13. The van der Waals surface area contributed by atoms with E-state index < -0.39 is 108 Å². The summed E-state index contributed by atoms with van der Waals surface area (Å²) in [5, 5.41) is 45.5. The van der Waals surface area contributed by atoms with Crippen LogP contribution in [0, 0.1) is 5.92 Å². The molecule has 2 aromatic heterocycles. The molecule has 0 aliphatic rings. The monoisotopic (exact) mass is 887 g/mol. The van der Waals surface area contributed by atoms with Crippen LogP contribution in [0.1, 0.15) is 57.7 Å². The Bertz CT molecular complexity index is 2010. The molecule has 3 rings (SSSR count). The predicted molar refractivity (Wildman–Crippen MR) is 227 cm³/mol. The van der Waals surface area contributed by atoms with Gasteiger partial charge in [-0.05, 0) is 50.3 Å². The first-order chi connectivity index (χ1) is 29.4. The van der Waals surface area contributed by atoms with Crippen molar-refractivity contribution in [2.45, 2.75) is 108 Å². The van der Waals surface area contributed by atoms with Gasteiger partial charge in [-0.25, -0.2) is 9.78 Å². The molecule has 0 unspecified atom stereocenters. The average molecular weight is 888 g/mol. The van der Waals surface area contributed by atoms with Crippen LogP contribution < -0.4 is 43.4 Å². The van der Waals surface area contributed by atoms with E-state index in [2.05, 4.69) is 59.5 Å². The number of unbranched alkanes of at least 4 members (excludes halogenated alkanes) is 1. The molecule has 8 atom stereocenters. The van der Waals surface area contributed by atoms with Crippen molar-refractivity contribution in [1.29, 1.82) is 0 Å². The number of aliphatic hydroxyl groups is 1. The van der Waals surface area contributed by atoms with Crippen molar-refractivity contribution in [3.8, 4) is 0 Å². The maximum absolute atomic E-state index is 13.8. The molecule has 0 aliphatic heterocycles. The third-order valence-electron chi connectivity index (χ3n) is 9.76. The van der Waals surface area contributed by atoms with Crippen molar-refractivity contribution in [2.24, 2.45) is 17.4 Å². The Balaban J connectivity index is 1.87. The van der Waals surface area contributed by atoms with Crippen LogP contribution >= 0.6 is 12.6 Å². The molecule has 0 saturated heterocycles. The van der Waals surface area contributed by atoms with E-state index in [0.29, 0.717) is 29.5 Å². The third kappa shape index (κ3) is 15.1. The second-order valence-corrected chi connectivity index (χ2v) is 15.4. The van der Waals surface area contributed by atoms with E-state index >= 15 is 0 Å². The lowest BCUT2D eigenvalue weighted by molar-refractivity contribution is -0.143. The van der Waals surface area contributed by atoms with Crippen LogP contribution in [-0.4, -0.2) is 138 Å². The Morgan fingerprint density at radius 1 is 0.742 bits per heavy atom. The Morgan fingerprint density at radius 2 is 1.32 bits per heavy atom. The number of nitrogens with one attached hydrogen (secondary N) is 8. The van der Waals surface area contributed by atoms with E-state index in [9.17, 15) is 53.7 Å². The molecular formula is C39H57N11O11S. The largest absolute Gasteiger partial charge is 0.481 e. The van der Waals surface area contributed by atoms with Crippen molar-refractivity contribution in [3.63, 3.8) is 0 Å². The maximum Gasteiger partial charge on any atom is 0.326 e. The number of nitrogens with zero attached hydrogens (tertiary/aromatic N) is 1. The first kappa shape index (κ1) is 50.3. The molecule has 2 heterocycles. The van der Waals surface area contributed by atoms with Gasteiger partial charge in [-0.3, -0.25) is 33.6 Å². The van der Waals surface area contributed by atoms with E-state index in [1.807, 2.05) is 0 Å². The molecule has 22 nitrogen and oxygen atoms in total. The van der Waals surface area contributed by atoms with Crippen LogP contribution in [0.25, 0.3) is 10.9 Å². The number of H-pyrrole nitrogens is 2. The standard InChI is InChI=1S/C39H57N11O11S/c1-19(2)31(39(60)61)49-36(57)27(12-21-15-43-25-9-5-4-8-23(21)25)48-38(59)32(20(3)51)50-37(58)29(14-30(52)53)47-34(55)26(10-6-7-11-40)45-35(56)28(13-22-16-42-18-44-22)46-33(54)24(41)17-62/h4-5,8-9,15-16,18-20,24,26-29,31-32,43,51,62H,6-7,10-14,17,40-41H2,1-3H3,(H,42,44)(H,45,56)(H,46,54)(H,47,55)(H,48,59)(H,49,57)(H,50,58)(H,52,53)(H,60,61)/t20-,24+,26+,27+,28+,29+,31+,32+/m1/s1. The Hall–Kier alpha value is -6.04. The number of rotatable bonds is 26. The van der Waals surface area contributed by atoms with Gasteiger partial charge in [0.1, 0.15) is 36.3 Å². The van der Waals surface area contributed by atoms with Gasteiger partial charge in [0.05, 0.1) is 24.9 Å². The van der Waals surface area contributed by atoms with Crippen molar-refractivity contribution in [1.82, 2.24) is 46.9 Å². The van der Waals surface area contributed by atoms with Gasteiger partial charge < -0.3 is 68.7 Å². The van der Waals surface area contributed by atoms with Crippen molar-refractivity contribution in [3.05, 3.63) is 54.2 Å². The SMILES string of the molecule is CC(C)[C@H](NC(=O)[C@H](Cc1c[nH]c2ccccc12)NC(=O)[C@@H](NC(=O)[C@H](CC(=O)O)NC(=O)[C@H](CCCCN)NC(=O)[C@H](Cc1cnc[nH]1)NC(=O)[C@@H](N)CS)[C@@H](C)O)C(=O)O. The number of amides is 6. The molecule has 0 radical (unpaired) electrons. The van der Waals surface area contributed by atoms with Gasteiger partial charge in [-0.2, -0.15) is 12.6 Å². The summed E-state index contributed by atoms with van der Waals surface area (Å²) >= 11 is 4.02. The lowest BCUT2D eigenvalue weighted by Gasteiger charge is -2.28. The van der Waals surface area contributed by atoms with E-state index in [1.165, 1.54) is 12.5 Å². The second kappa shape index (κ2) is 24.4. The molecule has 6 amide bonds. The van der Waals surface area contributed by atoms with E-state index in [-0.39, 0.29) is 31.6 Å². The quantitative estimate of drug-likeness (QED) is 0.0295. The zero-order chi connectivity index (χ0) is 46.1. The Labute approximate surface area is 362 Å². The minimum Gasteiger partial charge on any atom is -0.481 e. The molecule has 0 aliphatic carbocycles. The van der Waals surface area contributed by atoms with Gasteiger partial charge in [-0.1, -0.05) is 32.0 Å². The predicted octanol–water partition coefficient (Wildman–Crippen LogP) is -2.43. The lowest BCUT2D eigenvalue weighted by Crippen LogP contribution is -2.62. The molecule has 0 bridgehead atoms. The van der Waals surface area contributed by atoms with Gasteiger partial charge in [0.2, 0.25) is 35.4 Å². The summed E-state index contributed by atoms with van der Waals surface area (Å²) in [6.45, 7) is 4.54. The van der Waals surface area contributed by atoms with Crippen LogP contribution in [-0.2, 0) is 51.2 Å². The van der Waals surface area contributed by atoms with E-state index in [0.717, 1.165) is 12.4 Å². The number of aromatic nitrogens is 3. The van der Waals surface area contributed by atoms with Gasteiger partial charge >= 0.3 is 11.9 Å². The lowest BCUT2D eigenvalue weighted by atomic mass is 10.0. The van der Waals surface area contributed by atoms with Crippen LogP contribution in [0.4, 0.5) is 0 Å². The van der Waals surface area contributed by atoms with Crippen molar-refractivity contribution < 1.29 is 53.7 Å². The summed E-state index contributed by atoms with van der Waals surface area (Å²) in [6.07, 6.45) is 2.17. The highest BCUT2D eigenvalue weighted by atomic mass is 32.1. The fourth-order valence-corrected chi connectivity index (χ4v) is 6.46. The molecule has 340 valence electrons. The number of carboxylic acid groups (broad SMARTS) is 2. The molecule has 0 fully saturated rings. The summed E-state index contributed by atoms with van der Waals surface area (Å²) in [6, 6.07) is -3.11. The van der Waals surface area contributed by atoms with Gasteiger partial charge in [0.15, 0.2) is 0 Å². The fraction of sp³-hybridized carbons (Fsp3) is 0.513. The number of carboxylic acids is 2. The zero-order valence-electron chi connectivity index (χ0n) is 34.6. The number of imidazole rings is 1. The molecular weight excluding hydrogens is 831 g/mol. The summed E-state index contributed by atoms with van der Waals surface area (Å²) in [7, 11) is 0. The number of carbonyl (C=O) groups is 8. The number of para-hydroxylation sites is 1. The van der Waals surface area contributed by atoms with Crippen molar-refractivity contribution >= 4 is 70.9 Å². The smallest absolute Gasteiger partial charge is 0.326 e. The Kier molecular flexibility index (Phi) is 19.8. The van der Waals surface area contributed by atoms with Crippen LogP contribution in [0.3, 0.4) is 0 Å². The number of nitrogens with two attached hydrogens (primary N) is 2. The summed E-state index contributed by atoms with van der Waals surface area (Å²) in [5.41, 5.74) is 13.2. The number of benzene rings is 1. The van der Waals surface area contributed by atoms with Gasteiger partial charge in [0.25, 0.3) is 0 Å². The van der Waals surface area contributed by atoms with Gasteiger partial charge in [-0.15, -0.1) is 0 Å². The molecule has 1 aromatic carbocycles. The zero-order valence-corrected chi connectivity index (χ0v) is 35.4. The highest BCUT2D eigenvalue weighted by Crippen LogP contribution is 2.20. The fourth-order valence-electron chi connectivity index (χ4n) is 6.29. The van der Waals surface area contributed by atoms with E-state index in [4.69, 9.17) is 11.5 Å². The molecule has 0 saturated carbocycles. The second-order valence-electron chi connectivity index (χ2n) is 15.1. The number of hydrogen-bond donors (Lipinski definition) is 14. The summed E-state index contributed by atoms with van der Waals surface area (Å²) in [5.74, 6) is -9.17. The van der Waals surface area contributed by atoms with Gasteiger partial charge in [0, 0.05) is 47.6 Å². The minimum atomic E-state index is -1.87. The number of aliphatic carboxylic acids is 2. The first-order valence-electron chi connectivity index (χ1n) is 19.9. The number of thiol groups is 1. The van der Waals surface area contributed by atoms with Crippen LogP contribution in [0.5, 0.6) is 0 Å². The molecule has 3 aromatic rings. The third-order valence-corrected chi connectivity index (χ3v) is 10.2. The van der Waals surface area contributed by atoms with Crippen LogP contribution in [0.15, 0.2) is 43.0 Å². The summed E-state index contributed by atoms with van der Waals surface area (Å²) < 4.78 is 0. The highest BCUT2D eigenvalue weighted by molar-refractivity contribution is 7.80. The number of carbonyl (C=O) groups excluding carboxylic acids is 6. The van der Waals surface area contributed by atoms with Crippen LogP contribution in [0.2, 0.25) is 0 Å². The number of fused-ring (bicyclic) bond motifs is 1. The average Bonchev–Trinajstić information content (AvgIpc) is 3.89. The maximum atomic E-state index is 13.8. The number of aromatic amines is 2. The normalized spacial score (nSPS) is 15.2. The molecule has 0 spiro atoms. The highest BCUT2D eigenvalue weighted by Gasteiger charge is 2.36. The number of aliphatic hydroxyl groups excluding tert-OH is 1.